The normalized spacial score (nSPS) is 10.6. The standard InChI is InChI=1S/C26H22ClN3O4/c1-30-26(32)23(25(31)28-19-15-20(33-2)18(27)14-21(19)34-3)22(16-10-6-4-7-11-16)24(29-30)17-12-8-5-9-13-17/h4-15H,1-3H3,(H,28,31). The Morgan fingerprint density at radius 1 is 0.912 bits per heavy atom. The Morgan fingerprint density at radius 2 is 1.50 bits per heavy atom. The van der Waals surface area contributed by atoms with E-state index in [1.54, 1.807) is 6.07 Å². The lowest BCUT2D eigenvalue weighted by Gasteiger charge is -2.17. The molecule has 0 saturated heterocycles. The number of methoxy groups -OCH3 is 2. The maximum absolute atomic E-state index is 13.6. The molecule has 0 atom stereocenters. The van der Waals surface area contributed by atoms with Crippen molar-refractivity contribution in [2.75, 3.05) is 19.5 Å². The lowest BCUT2D eigenvalue weighted by atomic mass is 9.95. The van der Waals surface area contributed by atoms with E-state index in [1.165, 1.54) is 32.0 Å². The first-order chi connectivity index (χ1) is 16.4. The number of carbonyl (C=O) groups excluding carboxylic acids is 1. The number of carbonyl (C=O) groups is 1. The van der Waals surface area contributed by atoms with Crippen molar-refractivity contribution in [3.63, 3.8) is 0 Å². The van der Waals surface area contributed by atoms with E-state index in [1.807, 2.05) is 60.7 Å². The third-order valence-corrected chi connectivity index (χ3v) is 5.60. The van der Waals surface area contributed by atoms with Gasteiger partial charge in [0.25, 0.3) is 11.5 Å². The molecule has 1 amide bonds. The van der Waals surface area contributed by atoms with Crippen LogP contribution < -0.4 is 20.3 Å². The number of nitrogens with one attached hydrogen (secondary N) is 1. The number of halogens is 1. The minimum Gasteiger partial charge on any atom is -0.495 e. The second-order valence-corrected chi connectivity index (χ2v) is 7.81. The van der Waals surface area contributed by atoms with E-state index in [0.29, 0.717) is 39.0 Å². The van der Waals surface area contributed by atoms with Crippen molar-refractivity contribution >= 4 is 23.2 Å². The molecule has 0 aliphatic rings. The quantitative estimate of drug-likeness (QED) is 0.422. The Morgan fingerprint density at radius 3 is 2.09 bits per heavy atom. The van der Waals surface area contributed by atoms with Gasteiger partial charge in [0.1, 0.15) is 17.1 Å². The number of hydrogen-bond acceptors (Lipinski definition) is 5. The predicted molar refractivity (Wildman–Crippen MR) is 133 cm³/mol. The molecule has 8 heteroatoms. The lowest BCUT2D eigenvalue weighted by molar-refractivity contribution is 0.102. The maximum atomic E-state index is 13.6. The van der Waals surface area contributed by atoms with Gasteiger partial charge in [0.05, 0.1) is 30.6 Å². The summed E-state index contributed by atoms with van der Waals surface area (Å²) in [7, 11) is 4.45. The number of anilines is 1. The van der Waals surface area contributed by atoms with Gasteiger partial charge < -0.3 is 14.8 Å². The van der Waals surface area contributed by atoms with Crippen LogP contribution in [0.2, 0.25) is 5.02 Å². The van der Waals surface area contributed by atoms with Crippen molar-refractivity contribution in [1.82, 2.24) is 9.78 Å². The first-order valence-corrected chi connectivity index (χ1v) is 10.8. The van der Waals surface area contributed by atoms with Crippen LogP contribution in [0.1, 0.15) is 10.4 Å². The largest absolute Gasteiger partial charge is 0.495 e. The summed E-state index contributed by atoms with van der Waals surface area (Å²) in [6, 6.07) is 21.7. The van der Waals surface area contributed by atoms with Crippen LogP contribution in [0.3, 0.4) is 0 Å². The SMILES string of the molecule is COc1cc(NC(=O)c2c(-c3ccccc3)c(-c3ccccc3)nn(C)c2=O)c(OC)cc1Cl. The van der Waals surface area contributed by atoms with Crippen molar-refractivity contribution in [2.24, 2.45) is 7.05 Å². The van der Waals surface area contributed by atoms with Gasteiger partial charge in [-0.15, -0.1) is 0 Å². The average Bonchev–Trinajstić information content (AvgIpc) is 2.87. The zero-order valence-electron chi connectivity index (χ0n) is 18.8. The molecule has 0 aliphatic carbocycles. The molecule has 0 spiro atoms. The number of amides is 1. The van der Waals surface area contributed by atoms with Crippen LogP contribution in [-0.2, 0) is 7.05 Å². The summed E-state index contributed by atoms with van der Waals surface area (Å²) < 4.78 is 11.8. The summed E-state index contributed by atoms with van der Waals surface area (Å²) in [5.41, 5.74) is 2.16. The minimum atomic E-state index is -0.610. The van der Waals surface area contributed by atoms with E-state index in [-0.39, 0.29) is 5.56 Å². The zero-order chi connectivity index (χ0) is 24.2. The van der Waals surface area contributed by atoms with Crippen LogP contribution in [0.25, 0.3) is 22.4 Å². The highest BCUT2D eigenvalue weighted by Gasteiger charge is 2.25. The Bertz CT molecular complexity index is 1400. The average molecular weight is 476 g/mol. The van der Waals surface area contributed by atoms with E-state index in [2.05, 4.69) is 10.4 Å². The first kappa shape index (κ1) is 23.1. The lowest BCUT2D eigenvalue weighted by Crippen LogP contribution is -2.31. The first-order valence-electron chi connectivity index (χ1n) is 10.4. The van der Waals surface area contributed by atoms with Crippen LogP contribution in [0.4, 0.5) is 5.69 Å². The third-order valence-electron chi connectivity index (χ3n) is 5.30. The van der Waals surface area contributed by atoms with Gasteiger partial charge in [0.15, 0.2) is 0 Å². The second-order valence-electron chi connectivity index (χ2n) is 7.40. The molecular weight excluding hydrogens is 454 g/mol. The van der Waals surface area contributed by atoms with Crippen LogP contribution in [0.5, 0.6) is 11.5 Å². The summed E-state index contributed by atoms with van der Waals surface area (Å²) in [5, 5.41) is 7.62. The summed E-state index contributed by atoms with van der Waals surface area (Å²) in [6.45, 7) is 0. The number of rotatable bonds is 6. The van der Waals surface area contributed by atoms with Gasteiger partial charge in [-0.1, -0.05) is 72.3 Å². The monoisotopic (exact) mass is 475 g/mol. The van der Waals surface area contributed by atoms with Crippen LogP contribution >= 0.6 is 11.6 Å². The van der Waals surface area contributed by atoms with Crippen LogP contribution in [-0.4, -0.2) is 29.9 Å². The Balaban J connectivity index is 1.94. The van der Waals surface area contributed by atoms with Crippen LogP contribution in [0.15, 0.2) is 77.6 Å². The van der Waals surface area contributed by atoms with Crippen molar-refractivity contribution in [3.05, 3.63) is 93.7 Å². The predicted octanol–water partition coefficient (Wildman–Crippen LogP) is 5.04. The fourth-order valence-corrected chi connectivity index (χ4v) is 3.90. The molecule has 0 saturated carbocycles. The molecule has 4 rings (SSSR count). The number of aromatic nitrogens is 2. The number of ether oxygens (including phenoxy) is 2. The van der Waals surface area contributed by atoms with Gasteiger partial charge in [-0.25, -0.2) is 4.68 Å². The van der Waals surface area contributed by atoms with Gasteiger partial charge in [-0.05, 0) is 5.56 Å². The van der Waals surface area contributed by atoms with Gasteiger partial charge in [0, 0.05) is 30.3 Å². The number of aryl methyl sites for hydroxylation is 1. The molecule has 172 valence electrons. The second kappa shape index (κ2) is 9.80. The molecule has 4 aromatic rings. The minimum absolute atomic E-state index is 0.0430. The maximum Gasteiger partial charge on any atom is 0.280 e. The fourth-order valence-electron chi connectivity index (χ4n) is 3.67. The molecule has 34 heavy (non-hydrogen) atoms. The van der Waals surface area contributed by atoms with E-state index in [0.717, 1.165) is 5.56 Å². The Hall–Kier alpha value is -4.10. The summed E-state index contributed by atoms with van der Waals surface area (Å²) in [6.07, 6.45) is 0. The highest BCUT2D eigenvalue weighted by atomic mass is 35.5. The van der Waals surface area contributed by atoms with Crippen molar-refractivity contribution in [1.29, 1.82) is 0 Å². The number of nitrogens with zero attached hydrogens (tertiary/aromatic N) is 2. The molecule has 3 aromatic carbocycles. The summed E-state index contributed by atoms with van der Waals surface area (Å²) in [4.78, 5) is 26.9. The van der Waals surface area contributed by atoms with Crippen molar-refractivity contribution in [2.45, 2.75) is 0 Å². The smallest absolute Gasteiger partial charge is 0.280 e. The third kappa shape index (κ3) is 4.38. The fraction of sp³-hybridized carbons (Fsp3) is 0.115. The highest BCUT2D eigenvalue weighted by molar-refractivity contribution is 6.32. The summed E-state index contributed by atoms with van der Waals surface area (Å²) >= 11 is 6.19. The van der Waals surface area contributed by atoms with E-state index in [4.69, 9.17) is 21.1 Å². The molecule has 0 bridgehead atoms. The van der Waals surface area contributed by atoms with Gasteiger partial charge in [0.2, 0.25) is 0 Å². The van der Waals surface area contributed by atoms with Crippen molar-refractivity contribution in [3.8, 4) is 33.9 Å². The Kier molecular flexibility index (Phi) is 6.65. The van der Waals surface area contributed by atoms with Gasteiger partial charge in [-0.3, -0.25) is 9.59 Å². The van der Waals surface area contributed by atoms with E-state index >= 15 is 0 Å². The van der Waals surface area contributed by atoms with E-state index in [9.17, 15) is 9.59 Å². The van der Waals surface area contributed by atoms with E-state index < -0.39 is 11.5 Å². The van der Waals surface area contributed by atoms with Gasteiger partial charge >= 0.3 is 0 Å². The molecule has 7 nitrogen and oxygen atoms in total. The highest BCUT2D eigenvalue weighted by Crippen LogP contribution is 2.37. The molecule has 1 heterocycles. The molecule has 0 aliphatic heterocycles. The Labute approximate surface area is 201 Å². The molecule has 0 fully saturated rings. The molecule has 1 aromatic heterocycles. The molecule has 0 unspecified atom stereocenters. The molecular formula is C26H22ClN3O4. The summed E-state index contributed by atoms with van der Waals surface area (Å²) in [5.74, 6) is 0.0740. The number of benzene rings is 3. The molecule has 0 radical (unpaired) electrons. The van der Waals surface area contributed by atoms with Crippen LogP contribution in [0, 0.1) is 0 Å². The number of hydrogen-bond donors (Lipinski definition) is 1. The van der Waals surface area contributed by atoms with Gasteiger partial charge in [-0.2, -0.15) is 5.10 Å². The molecule has 1 N–H and O–H groups in total. The topological polar surface area (TPSA) is 82.5 Å². The van der Waals surface area contributed by atoms with Crippen molar-refractivity contribution < 1.29 is 14.3 Å². The zero-order valence-corrected chi connectivity index (χ0v) is 19.6.